The molecular weight excluding hydrogens is 473 g/mol. The molecule has 1 fully saturated rings. The van der Waals surface area contributed by atoms with Crippen LogP contribution in [0.3, 0.4) is 0 Å². The number of pyridine rings is 1. The largest absolute Gasteiger partial charge is 0.444 e. The number of halogens is 3. The summed E-state index contributed by atoms with van der Waals surface area (Å²) in [5.74, 6) is 0.129. The summed E-state index contributed by atoms with van der Waals surface area (Å²) in [5, 5.41) is 2.92. The zero-order valence-electron chi connectivity index (χ0n) is 20.7. The predicted octanol–water partition coefficient (Wildman–Crippen LogP) is 4.60. The number of likely N-dealkylation sites (tertiary alicyclic amines) is 1. The maximum atomic E-state index is 12.8. The number of benzene rings is 1. The van der Waals surface area contributed by atoms with Crippen LogP contribution < -0.4 is 5.32 Å². The molecule has 0 unspecified atom stereocenters. The Morgan fingerprint density at radius 3 is 2.44 bits per heavy atom. The van der Waals surface area contributed by atoms with E-state index in [1.807, 2.05) is 26.8 Å². The van der Waals surface area contributed by atoms with Gasteiger partial charge in [0.2, 0.25) is 0 Å². The van der Waals surface area contributed by atoms with Crippen molar-refractivity contribution < 1.29 is 27.5 Å². The highest BCUT2D eigenvalue weighted by molar-refractivity contribution is 5.94. The standard InChI is InChI=1S/C26H31F3N4O3/c1-25(2,3)36-24(35)33-13-18(14-33)8-9-30-23(34)19-10-20-15-32(16-22(20)31-11-19)12-17-4-6-21(7-5-17)26(27,28)29/h4-7,10-11,18H,8-9,12-16H2,1-3H3,(H,30,34). The summed E-state index contributed by atoms with van der Waals surface area (Å²) >= 11 is 0. The number of carbonyl (C=O) groups excluding carboxylic acids is 2. The number of aromatic nitrogens is 1. The molecule has 36 heavy (non-hydrogen) atoms. The van der Waals surface area contributed by atoms with Gasteiger partial charge in [-0.05, 0) is 62.4 Å². The van der Waals surface area contributed by atoms with Gasteiger partial charge in [0.05, 0.1) is 16.8 Å². The molecule has 2 amide bonds. The number of carbonyl (C=O) groups is 2. The Kier molecular flexibility index (Phi) is 7.26. The summed E-state index contributed by atoms with van der Waals surface area (Å²) in [7, 11) is 0. The molecule has 0 aliphatic carbocycles. The van der Waals surface area contributed by atoms with Crippen molar-refractivity contribution in [2.45, 2.75) is 58.6 Å². The van der Waals surface area contributed by atoms with Crippen molar-refractivity contribution in [1.82, 2.24) is 20.1 Å². The van der Waals surface area contributed by atoms with Crippen LogP contribution in [0.25, 0.3) is 0 Å². The average Bonchev–Trinajstić information content (AvgIpc) is 3.14. The molecule has 1 aromatic heterocycles. The highest BCUT2D eigenvalue weighted by Crippen LogP contribution is 2.30. The first kappa shape index (κ1) is 25.9. The van der Waals surface area contributed by atoms with E-state index in [0.717, 1.165) is 35.4 Å². The van der Waals surface area contributed by atoms with Gasteiger partial charge >= 0.3 is 12.3 Å². The molecule has 194 valence electrons. The van der Waals surface area contributed by atoms with E-state index < -0.39 is 17.3 Å². The van der Waals surface area contributed by atoms with Crippen molar-refractivity contribution in [3.05, 3.63) is 64.5 Å². The quantitative estimate of drug-likeness (QED) is 0.622. The van der Waals surface area contributed by atoms with Gasteiger partial charge in [0, 0.05) is 45.5 Å². The number of fused-ring (bicyclic) bond motifs is 1. The van der Waals surface area contributed by atoms with Crippen molar-refractivity contribution in [3.8, 4) is 0 Å². The van der Waals surface area contributed by atoms with Crippen LogP contribution in [0.1, 0.15) is 59.9 Å². The molecular formula is C26H31F3N4O3. The van der Waals surface area contributed by atoms with Crippen LogP contribution in [0, 0.1) is 5.92 Å². The van der Waals surface area contributed by atoms with Crippen LogP contribution in [-0.2, 0) is 30.5 Å². The number of rotatable bonds is 6. The number of amides is 2. The molecule has 0 radical (unpaired) electrons. The molecule has 1 aromatic carbocycles. The number of ether oxygens (including phenoxy) is 1. The number of hydrogen-bond donors (Lipinski definition) is 1. The lowest BCUT2D eigenvalue weighted by atomic mass is 9.97. The summed E-state index contributed by atoms with van der Waals surface area (Å²) in [6.07, 6.45) is -2.32. The molecule has 2 aliphatic rings. The van der Waals surface area contributed by atoms with Crippen molar-refractivity contribution in [2.24, 2.45) is 5.92 Å². The van der Waals surface area contributed by atoms with E-state index >= 15 is 0 Å². The molecule has 0 saturated carbocycles. The molecule has 2 aromatic rings. The van der Waals surface area contributed by atoms with Crippen LogP contribution in [0.15, 0.2) is 36.5 Å². The van der Waals surface area contributed by atoms with Gasteiger partial charge in [-0.1, -0.05) is 12.1 Å². The van der Waals surface area contributed by atoms with E-state index in [1.165, 1.54) is 12.1 Å². The SMILES string of the molecule is CC(C)(C)OC(=O)N1CC(CCNC(=O)c2cnc3c(c2)CN(Cc2ccc(C(F)(F)F)cc2)C3)C1. The topological polar surface area (TPSA) is 74.8 Å². The van der Waals surface area contributed by atoms with Crippen LogP contribution in [0.5, 0.6) is 0 Å². The number of nitrogens with zero attached hydrogens (tertiary/aromatic N) is 3. The molecule has 4 rings (SSSR count). The Labute approximate surface area is 208 Å². The molecule has 10 heteroatoms. The van der Waals surface area contributed by atoms with Gasteiger partial charge in [-0.25, -0.2) is 4.79 Å². The maximum absolute atomic E-state index is 12.8. The molecule has 3 heterocycles. The summed E-state index contributed by atoms with van der Waals surface area (Å²) < 4.78 is 43.7. The molecule has 7 nitrogen and oxygen atoms in total. The van der Waals surface area contributed by atoms with E-state index in [4.69, 9.17) is 4.74 Å². The van der Waals surface area contributed by atoms with Crippen LogP contribution in [0.2, 0.25) is 0 Å². The van der Waals surface area contributed by atoms with E-state index in [-0.39, 0.29) is 12.0 Å². The second kappa shape index (κ2) is 10.1. The summed E-state index contributed by atoms with van der Waals surface area (Å²) in [4.78, 5) is 32.8. The Hall–Kier alpha value is -3.14. The first-order chi connectivity index (χ1) is 16.9. The van der Waals surface area contributed by atoms with Gasteiger partial charge in [0.15, 0.2) is 0 Å². The first-order valence-corrected chi connectivity index (χ1v) is 12.0. The Morgan fingerprint density at radius 2 is 1.81 bits per heavy atom. The summed E-state index contributed by atoms with van der Waals surface area (Å²) in [6.45, 7) is 8.91. The van der Waals surface area contributed by atoms with E-state index in [9.17, 15) is 22.8 Å². The lowest BCUT2D eigenvalue weighted by Gasteiger charge is -2.39. The lowest BCUT2D eigenvalue weighted by molar-refractivity contribution is -0.137. The second-order valence-corrected chi connectivity index (χ2v) is 10.5. The molecule has 1 saturated heterocycles. The fourth-order valence-corrected chi connectivity index (χ4v) is 4.34. The van der Waals surface area contributed by atoms with Gasteiger partial charge in [0.25, 0.3) is 5.91 Å². The molecule has 1 N–H and O–H groups in total. The third-order valence-corrected chi connectivity index (χ3v) is 6.22. The van der Waals surface area contributed by atoms with Crippen LogP contribution >= 0.6 is 0 Å². The zero-order valence-corrected chi connectivity index (χ0v) is 20.7. The third kappa shape index (κ3) is 6.54. The molecule has 0 spiro atoms. The molecule has 2 aliphatic heterocycles. The maximum Gasteiger partial charge on any atom is 0.416 e. The van der Waals surface area contributed by atoms with E-state index in [2.05, 4.69) is 15.2 Å². The summed E-state index contributed by atoms with van der Waals surface area (Å²) in [5.41, 5.74) is 1.91. The molecule has 0 atom stereocenters. The average molecular weight is 505 g/mol. The van der Waals surface area contributed by atoms with E-state index in [1.54, 1.807) is 11.1 Å². The zero-order chi connectivity index (χ0) is 26.1. The molecule has 0 bridgehead atoms. The number of nitrogens with one attached hydrogen (secondary N) is 1. The smallest absolute Gasteiger partial charge is 0.416 e. The first-order valence-electron chi connectivity index (χ1n) is 12.0. The van der Waals surface area contributed by atoms with E-state index in [0.29, 0.717) is 50.7 Å². The van der Waals surface area contributed by atoms with Crippen molar-refractivity contribution in [1.29, 1.82) is 0 Å². The van der Waals surface area contributed by atoms with Crippen molar-refractivity contribution in [3.63, 3.8) is 0 Å². The minimum absolute atomic E-state index is 0.199. The lowest BCUT2D eigenvalue weighted by Crippen LogP contribution is -2.52. The highest BCUT2D eigenvalue weighted by atomic mass is 19.4. The Balaban J connectivity index is 1.21. The Morgan fingerprint density at radius 1 is 1.11 bits per heavy atom. The highest BCUT2D eigenvalue weighted by Gasteiger charge is 2.33. The van der Waals surface area contributed by atoms with Crippen molar-refractivity contribution >= 4 is 12.0 Å². The van der Waals surface area contributed by atoms with Crippen LogP contribution in [0.4, 0.5) is 18.0 Å². The van der Waals surface area contributed by atoms with Gasteiger partial charge in [0.1, 0.15) is 5.60 Å². The fourth-order valence-electron chi connectivity index (χ4n) is 4.34. The predicted molar refractivity (Wildman–Crippen MR) is 127 cm³/mol. The van der Waals surface area contributed by atoms with Gasteiger partial charge in [-0.15, -0.1) is 0 Å². The second-order valence-electron chi connectivity index (χ2n) is 10.5. The summed E-state index contributed by atoms with van der Waals surface area (Å²) in [6, 6.07) is 7.01. The normalized spacial score (nSPS) is 16.4. The Bertz CT molecular complexity index is 1110. The monoisotopic (exact) mass is 504 g/mol. The number of hydrogen-bond acceptors (Lipinski definition) is 5. The minimum atomic E-state index is -4.35. The minimum Gasteiger partial charge on any atom is -0.444 e. The fraction of sp³-hybridized carbons (Fsp3) is 0.500. The van der Waals surface area contributed by atoms with Crippen molar-refractivity contribution in [2.75, 3.05) is 19.6 Å². The van der Waals surface area contributed by atoms with Gasteiger partial charge in [-0.3, -0.25) is 14.7 Å². The van der Waals surface area contributed by atoms with Gasteiger partial charge in [-0.2, -0.15) is 13.2 Å². The number of alkyl halides is 3. The van der Waals surface area contributed by atoms with Crippen LogP contribution in [-0.4, -0.2) is 52.0 Å². The third-order valence-electron chi connectivity index (χ3n) is 6.22. The van der Waals surface area contributed by atoms with Gasteiger partial charge < -0.3 is 15.0 Å².